The molecule has 0 heterocycles. The number of carbonyl (C=O) groups excluding carboxylic acids is 2. The van der Waals surface area contributed by atoms with Gasteiger partial charge in [0.2, 0.25) is 17.4 Å². The largest absolute Gasteiger partial charge is 0.347 e. The second-order valence-corrected chi connectivity index (χ2v) is 6.73. The molecule has 2 bridgehead atoms. The van der Waals surface area contributed by atoms with Crippen LogP contribution in [-0.4, -0.2) is 51.6 Å². The highest BCUT2D eigenvalue weighted by molar-refractivity contribution is 6.01. The molecule has 0 aromatic heterocycles. The van der Waals surface area contributed by atoms with Gasteiger partial charge in [-0.15, -0.1) is 0 Å². The van der Waals surface area contributed by atoms with Crippen LogP contribution in [0, 0.1) is 23.7 Å². The van der Waals surface area contributed by atoms with Crippen LogP contribution in [0.15, 0.2) is 23.3 Å². The number of hydrogen-bond acceptors (Lipinski definition) is 6. The Bertz CT molecular complexity index is 638. The zero-order valence-corrected chi connectivity index (χ0v) is 14.9. The van der Waals surface area contributed by atoms with Gasteiger partial charge >= 0.3 is 0 Å². The lowest BCUT2D eigenvalue weighted by Crippen LogP contribution is -2.71. The number of carbonyl (C=O) groups is 2. The number of methoxy groups -OCH3 is 4. The molecule has 0 N–H and O–H groups in total. The lowest BCUT2D eigenvalue weighted by molar-refractivity contribution is -0.297. The van der Waals surface area contributed by atoms with Crippen LogP contribution in [0.5, 0.6) is 0 Å². The number of Topliss-reactive ketones (excluding diaryl/α,β-unsaturated/α-hetero) is 1. The molecule has 132 valence electrons. The van der Waals surface area contributed by atoms with Crippen molar-refractivity contribution in [2.75, 3.05) is 28.4 Å². The maximum atomic E-state index is 13.2. The molecular weight excluding hydrogens is 312 g/mol. The summed E-state index contributed by atoms with van der Waals surface area (Å²) in [6, 6.07) is 0. The summed E-state index contributed by atoms with van der Waals surface area (Å²) in [5.41, 5.74) is 1.84. The number of allylic oxidation sites excluding steroid dienone is 2. The smallest absolute Gasteiger partial charge is 0.236 e. The number of rotatable bonds is 4. The molecule has 4 atom stereocenters. The van der Waals surface area contributed by atoms with E-state index in [0.717, 1.165) is 11.1 Å². The van der Waals surface area contributed by atoms with Crippen molar-refractivity contribution in [3.8, 4) is 0 Å². The minimum Gasteiger partial charge on any atom is -0.347 e. The molecule has 4 aliphatic rings. The normalized spacial score (nSPS) is 36.2. The van der Waals surface area contributed by atoms with Gasteiger partial charge in [-0.1, -0.05) is 17.2 Å². The average Bonchev–Trinajstić information content (AvgIpc) is 2.57. The zero-order chi connectivity index (χ0) is 17.9. The first-order chi connectivity index (χ1) is 11.3. The Balaban J connectivity index is 2.28. The molecular formula is C18H24O6. The van der Waals surface area contributed by atoms with Crippen molar-refractivity contribution < 1.29 is 28.5 Å². The lowest BCUT2D eigenvalue weighted by atomic mass is 9.50. The Morgan fingerprint density at radius 1 is 0.875 bits per heavy atom. The maximum Gasteiger partial charge on any atom is 0.236 e. The van der Waals surface area contributed by atoms with Gasteiger partial charge in [-0.3, -0.25) is 9.59 Å². The first-order valence-electron chi connectivity index (χ1n) is 8.00. The van der Waals surface area contributed by atoms with Crippen LogP contribution in [0.25, 0.3) is 0 Å². The Morgan fingerprint density at radius 3 is 1.92 bits per heavy atom. The van der Waals surface area contributed by atoms with E-state index < -0.39 is 29.3 Å². The van der Waals surface area contributed by atoms with Crippen LogP contribution in [-0.2, 0) is 28.5 Å². The molecule has 4 aliphatic carbocycles. The first-order valence-corrected chi connectivity index (χ1v) is 8.00. The minimum absolute atomic E-state index is 0.109. The van der Waals surface area contributed by atoms with Crippen LogP contribution >= 0.6 is 0 Å². The van der Waals surface area contributed by atoms with Gasteiger partial charge in [0, 0.05) is 46.2 Å². The molecule has 4 rings (SSSR count). The predicted octanol–water partition coefficient (Wildman–Crippen LogP) is 1.50. The summed E-state index contributed by atoms with van der Waals surface area (Å²) >= 11 is 0. The highest BCUT2D eigenvalue weighted by atomic mass is 16.7. The Kier molecular flexibility index (Phi) is 4.07. The molecule has 0 aromatic carbocycles. The van der Waals surface area contributed by atoms with E-state index in [2.05, 4.69) is 0 Å². The van der Waals surface area contributed by atoms with Gasteiger partial charge < -0.3 is 18.9 Å². The summed E-state index contributed by atoms with van der Waals surface area (Å²) in [5.74, 6) is -4.73. The van der Waals surface area contributed by atoms with E-state index in [0.29, 0.717) is 0 Å². The summed E-state index contributed by atoms with van der Waals surface area (Å²) in [5, 5.41) is 0. The minimum atomic E-state index is -1.45. The quantitative estimate of drug-likeness (QED) is 0.572. The van der Waals surface area contributed by atoms with E-state index >= 15 is 0 Å². The van der Waals surface area contributed by atoms with E-state index in [1.165, 1.54) is 34.5 Å². The van der Waals surface area contributed by atoms with Crippen LogP contribution in [0.4, 0.5) is 0 Å². The predicted molar refractivity (Wildman–Crippen MR) is 85.0 cm³/mol. The summed E-state index contributed by atoms with van der Waals surface area (Å²) in [4.78, 5) is 25.9. The molecule has 6 heteroatoms. The van der Waals surface area contributed by atoms with Gasteiger partial charge in [0.1, 0.15) is 0 Å². The fourth-order valence-corrected chi connectivity index (χ4v) is 5.00. The van der Waals surface area contributed by atoms with Crippen molar-refractivity contribution in [3.05, 3.63) is 23.3 Å². The summed E-state index contributed by atoms with van der Waals surface area (Å²) in [6.07, 6.45) is 3.51. The molecule has 24 heavy (non-hydrogen) atoms. The number of fused-ring (bicyclic) bond motifs is 1. The topological polar surface area (TPSA) is 71.1 Å². The second kappa shape index (κ2) is 5.59. The monoisotopic (exact) mass is 336 g/mol. The lowest BCUT2D eigenvalue weighted by Gasteiger charge is -2.59. The van der Waals surface area contributed by atoms with E-state index in [1.54, 1.807) is 0 Å². The molecule has 1 saturated carbocycles. The van der Waals surface area contributed by atoms with E-state index in [-0.39, 0.29) is 17.5 Å². The van der Waals surface area contributed by atoms with Gasteiger partial charge in [0.25, 0.3) is 0 Å². The van der Waals surface area contributed by atoms with Gasteiger partial charge in [0.15, 0.2) is 5.78 Å². The van der Waals surface area contributed by atoms with Crippen molar-refractivity contribution in [1.29, 1.82) is 0 Å². The molecule has 0 radical (unpaired) electrons. The van der Waals surface area contributed by atoms with Gasteiger partial charge in [-0.25, -0.2) is 0 Å². The fraction of sp³-hybridized carbons (Fsp3) is 0.667. The number of ketones is 2. The van der Waals surface area contributed by atoms with Crippen molar-refractivity contribution in [2.24, 2.45) is 23.7 Å². The molecule has 0 aliphatic heterocycles. The average molecular weight is 336 g/mol. The molecule has 0 spiro atoms. The highest BCUT2D eigenvalue weighted by Crippen LogP contribution is 2.59. The number of hydrogen-bond donors (Lipinski definition) is 0. The summed E-state index contributed by atoms with van der Waals surface area (Å²) < 4.78 is 22.3. The van der Waals surface area contributed by atoms with Crippen molar-refractivity contribution >= 4 is 11.6 Å². The molecule has 1 fully saturated rings. The summed E-state index contributed by atoms with van der Waals surface area (Å²) in [6.45, 7) is 3.82. The first kappa shape index (κ1) is 17.5. The Hall–Kier alpha value is -1.34. The zero-order valence-electron chi connectivity index (χ0n) is 14.9. The van der Waals surface area contributed by atoms with Crippen molar-refractivity contribution in [3.63, 3.8) is 0 Å². The third-order valence-electron chi connectivity index (χ3n) is 6.01. The van der Waals surface area contributed by atoms with Crippen LogP contribution < -0.4 is 0 Å². The van der Waals surface area contributed by atoms with Crippen LogP contribution in [0.1, 0.15) is 13.8 Å². The maximum absolute atomic E-state index is 13.2. The highest BCUT2D eigenvalue weighted by Gasteiger charge is 2.70. The van der Waals surface area contributed by atoms with Crippen molar-refractivity contribution in [1.82, 2.24) is 0 Å². The van der Waals surface area contributed by atoms with Crippen LogP contribution in [0.2, 0.25) is 0 Å². The third-order valence-corrected chi connectivity index (χ3v) is 6.01. The SMILES string of the molecule is COC1(OC)C(=O)C=C(C)[C@H]2[C@H]3C(=O)C(OC)(OC)[C@H](C=C3C)[C@H]21. The van der Waals surface area contributed by atoms with E-state index in [1.807, 2.05) is 19.9 Å². The second-order valence-electron chi connectivity index (χ2n) is 6.73. The molecule has 0 saturated heterocycles. The van der Waals surface area contributed by atoms with E-state index in [4.69, 9.17) is 18.9 Å². The molecule has 6 nitrogen and oxygen atoms in total. The third kappa shape index (κ3) is 1.80. The van der Waals surface area contributed by atoms with E-state index in [9.17, 15) is 9.59 Å². The molecule has 0 aromatic rings. The molecule has 0 amide bonds. The summed E-state index contributed by atoms with van der Waals surface area (Å²) in [7, 11) is 5.81. The molecule has 0 unspecified atom stereocenters. The van der Waals surface area contributed by atoms with Gasteiger partial charge in [-0.2, -0.15) is 0 Å². The number of ether oxygens (including phenoxy) is 4. The van der Waals surface area contributed by atoms with Gasteiger partial charge in [0.05, 0.1) is 5.92 Å². The van der Waals surface area contributed by atoms with Crippen LogP contribution in [0.3, 0.4) is 0 Å². The standard InChI is InChI=1S/C18H24O6/c1-9-7-11-15-13(14(9)16(20)17(11,21-3)22-4)10(2)8-12(19)18(15,23-5)24-6/h7-8,11,13-15H,1-6H3/t11-,13+,14+,15-/m1/s1. The Labute approximate surface area is 141 Å². The van der Waals surface area contributed by atoms with Gasteiger partial charge in [-0.05, 0) is 19.9 Å². The Morgan fingerprint density at radius 2 is 1.42 bits per heavy atom. The fourth-order valence-electron chi connectivity index (χ4n) is 5.00. The van der Waals surface area contributed by atoms with Crippen molar-refractivity contribution in [2.45, 2.75) is 25.4 Å².